The summed E-state index contributed by atoms with van der Waals surface area (Å²) in [5, 5.41) is 9.02. The van der Waals surface area contributed by atoms with Gasteiger partial charge in [0.15, 0.2) is 5.79 Å². The van der Waals surface area contributed by atoms with Gasteiger partial charge in [-0.3, -0.25) is 0 Å². The predicted octanol–water partition coefficient (Wildman–Crippen LogP) is 3.11. The van der Waals surface area contributed by atoms with Crippen molar-refractivity contribution in [2.24, 2.45) is 17.8 Å². The van der Waals surface area contributed by atoms with Crippen LogP contribution >= 0.6 is 0 Å². The molecule has 0 aromatic rings. The Hall–Kier alpha value is -0.120. The molecular weight excluding hydrogens is 240 g/mol. The van der Waals surface area contributed by atoms with E-state index in [0.717, 1.165) is 50.2 Å². The van der Waals surface area contributed by atoms with Gasteiger partial charge in [0.05, 0.1) is 13.2 Å². The van der Waals surface area contributed by atoms with Crippen LogP contribution in [0.3, 0.4) is 0 Å². The zero-order valence-electron chi connectivity index (χ0n) is 12.0. The van der Waals surface area contributed by atoms with Crippen LogP contribution in [0.1, 0.15) is 57.8 Å². The first-order chi connectivity index (χ1) is 9.31. The first-order valence-electron chi connectivity index (χ1n) is 8.20. The van der Waals surface area contributed by atoms with Gasteiger partial charge < -0.3 is 14.6 Å². The molecule has 110 valence electrons. The van der Waals surface area contributed by atoms with Crippen molar-refractivity contribution in [1.82, 2.24) is 0 Å². The van der Waals surface area contributed by atoms with E-state index in [1.54, 1.807) is 0 Å². The summed E-state index contributed by atoms with van der Waals surface area (Å²) < 4.78 is 11.6. The molecule has 1 N–H and O–H groups in total. The summed E-state index contributed by atoms with van der Waals surface area (Å²) in [6, 6.07) is 0. The monoisotopic (exact) mass is 268 g/mol. The number of aliphatic hydroxyl groups is 1. The maximum Gasteiger partial charge on any atom is 0.168 e. The van der Waals surface area contributed by atoms with Crippen LogP contribution in [-0.4, -0.2) is 30.7 Å². The molecule has 2 aliphatic carbocycles. The van der Waals surface area contributed by atoms with E-state index in [0.29, 0.717) is 6.61 Å². The Bertz CT molecular complexity index is 268. The van der Waals surface area contributed by atoms with Gasteiger partial charge in [-0.05, 0) is 49.9 Å². The minimum atomic E-state index is -0.190. The quantitative estimate of drug-likeness (QED) is 0.854. The van der Waals surface area contributed by atoms with Crippen molar-refractivity contribution in [2.75, 3.05) is 19.8 Å². The summed E-state index contributed by atoms with van der Waals surface area (Å²) in [7, 11) is 0. The second-order valence-electron chi connectivity index (χ2n) is 6.74. The van der Waals surface area contributed by atoms with Crippen molar-refractivity contribution in [3.05, 3.63) is 0 Å². The Labute approximate surface area is 116 Å². The zero-order chi connectivity index (χ0) is 13.1. The number of aliphatic hydroxyl groups excluding tert-OH is 1. The van der Waals surface area contributed by atoms with Crippen molar-refractivity contribution in [3.8, 4) is 0 Å². The van der Waals surface area contributed by atoms with Gasteiger partial charge >= 0.3 is 0 Å². The lowest BCUT2D eigenvalue weighted by Crippen LogP contribution is -2.37. The second kappa shape index (κ2) is 6.11. The van der Waals surface area contributed by atoms with Gasteiger partial charge in [0, 0.05) is 19.4 Å². The summed E-state index contributed by atoms with van der Waals surface area (Å²) in [4.78, 5) is 0. The molecule has 0 bridgehead atoms. The van der Waals surface area contributed by atoms with Gasteiger partial charge in [0.2, 0.25) is 0 Å². The van der Waals surface area contributed by atoms with Crippen LogP contribution in [0.5, 0.6) is 0 Å². The third-order valence-electron chi connectivity index (χ3n) is 5.70. The summed E-state index contributed by atoms with van der Waals surface area (Å²) in [6.45, 7) is 1.95. The fraction of sp³-hybridized carbons (Fsp3) is 1.00. The zero-order valence-corrected chi connectivity index (χ0v) is 12.0. The Morgan fingerprint density at radius 2 is 1.42 bits per heavy atom. The molecule has 2 saturated carbocycles. The van der Waals surface area contributed by atoms with Crippen LogP contribution in [0.15, 0.2) is 0 Å². The molecule has 0 aromatic carbocycles. The van der Waals surface area contributed by atoms with Crippen molar-refractivity contribution in [2.45, 2.75) is 63.6 Å². The smallest absolute Gasteiger partial charge is 0.168 e. The fourth-order valence-electron chi connectivity index (χ4n) is 4.47. The first kappa shape index (κ1) is 13.8. The van der Waals surface area contributed by atoms with E-state index in [1.165, 1.54) is 38.5 Å². The molecule has 1 heterocycles. The van der Waals surface area contributed by atoms with E-state index >= 15 is 0 Å². The molecule has 3 nitrogen and oxygen atoms in total. The van der Waals surface area contributed by atoms with Crippen LogP contribution < -0.4 is 0 Å². The van der Waals surface area contributed by atoms with E-state index in [9.17, 15) is 0 Å². The maximum absolute atomic E-state index is 9.02. The Morgan fingerprint density at radius 1 is 0.842 bits per heavy atom. The Kier molecular flexibility index (Phi) is 4.45. The molecule has 3 heteroatoms. The summed E-state index contributed by atoms with van der Waals surface area (Å²) in [5.41, 5.74) is 0. The van der Waals surface area contributed by atoms with Crippen LogP contribution in [0.4, 0.5) is 0 Å². The van der Waals surface area contributed by atoms with Crippen molar-refractivity contribution < 1.29 is 14.6 Å². The molecule has 3 rings (SSSR count). The lowest BCUT2D eigenvalue weighted by Gasteiger charge is -2.40. The molecule has 19 heavy (non-hydrogen) atoms. The highest BCUT2D eigenvalue weighted by Gasteiger charge is 2.42. The number of hydrogen-bond acceptors (Lipinski definition) is 3. The van der Waals surface area contributed by atoms with Gasteiger partial charge in [-0.15, -0.1) is 0 Å². The maximum atomic E-state index is 9.02. The lowest BCUT2D eigenvalue weighted by molar-refractivity contribution is -0.185. The molecule has 0 atom stereocenters. The van der Waals surface area contributed by atoms with Crippen LogP contribution in [-0.2, 0) is 9.47 Å². The van der Waals surface area contributed by atoms with Crippen molar-refractivity contribution >= 4 is 0 Å². The largest absolute Gasteiger partial charge is 0.396 e. The van der Waals surface area contributed by atoms with Crippen LogP contribution in [0.2, 0.25) is 0 Å². The normalized spacial score (nSPS) is 35.8. The third-order valence-corrected chi connectivity index (χ3v) is 5.70. The highest BCUT2D eigenvalue weighted by molar-refractivity contribution is 4.87. The highest BCUT2D eigenvalue weighted by atomic mass is 16.7. The molecule has 0 aromatic heterocycles. The van der Waals surface area contributed by atoms with Gasteiger partial charge in [-0.2, -0.15) is 0 Å². The van der Waals surface area contributed by atoms with Crippen LogP contribution in [0, 0.1) is 17.8 Å². The SMILES string of the molecule is OCCC1CCC(C2CCC3(CC2)OCCO3)CC1. The van der Waals surface area contributed by atoms with Crippen LogP contribution in [0.25, 0.3) is 0 Å². The average Bonchev–Trinajstić information content (AvgIpc) is 2.90. The summed E-state index contributed by atoms with van der Waals surface area (Å²) >= 11 is 0. The standard InChI is InChI=1S/C16H28O3/c17-10-7-13-1-3-14(4-2-13)15-5-8-16(9-6-15)18-11-12-19-16/h13-15,17H,1-12H2. The van der Waals surface area contributed by atoms with E-state index < -0.39 is 0 Å². The molecule has 0 radical (unpaired) electrons. The molecular formula is C16H28O3. The Balaban J connectivity index is 1.44. The lowest BCUT2D eigenvalue weighted by atomic mass is 9.69. The number of hydrogen-bond donors (Lipinski definition) is 1. The summed E-state index contributed by atoms with van der Waals surface area (Å²) in [5.74, 6) is 2.42. The van der Waals surface area contributed by atoms with E-state index in [-0.39, 0.29) is 5.79 Å². The number of rotatable bonds is 3. The molecule has 0 unspecified atom stereocenters. The fourth-order valence-corrected chi connectivity index (χ4v) is 4.47. The van der Waals surface area contributed by atoms with Gasteiger partial charge in [0.1, 0.15) is 0 Å². The minimum absolute atomic E-state index is 0.190. The molecule has 1 spiro atoms. The topological polar surface area (TPSA) is 38.7 Å². The minimum Gasteiger partial charge on any atom is -0.396 e. The third kappa shape index (κ3) is 3.14. The van der Waals surface area contributed by atoms with E-state index in [4.69, 9.17) is 14.6 Å². The second-order valence-corrected chi connectivity index (χ2v) is 6.74. The Morgan fingerprint density at radius 3 is 2.00 bits per heavy atom. The highest BCUT2D eigenvalue weighted by Crippen LogP contribution is 2.45. The number of ether oxygens (including phenoxy) is 2. The summed E-state index contributed by atoms with van der Waals surface area (Å²) in [6.07, 6.45) is 11.2. The van der Waals surface area contributed by atoms with Gasteiger partial charge in [0.25, 0.3) is 0 Å². The molecule has 3 fully saturated rings. The van der Waals surface area contributed by atoms with E-state index in [1.807, 2.05) is 0 Å². The predicted molar refractivity (Wildman–Crippen MR) is 73.7 cm³/mol. The van der Waals surface area contributed by atoms with Gasteiger partial charge in [-0.1, -0.05) is 12.8 Å². The first-order valence-corrected chi connectivity index (χ1v) is 8.20. The molecule has 1 saturated heterocycles. The van der Waals surface area contributed by atoms with Crippen molar-refractivity contribution in [1.29, 1.82) is 0 Å². The molecule has 0 amide bonds. The van der Waals surface area contributed by atoms with Crippen molar-refractivity contribution in [3.63, 3.8) is 0 Å². The average molecular weight is 268 g/mol. The van der Waals surface area contributed by atoms with E-state index in [2.05, 4.69) is 0 Å². The molecule has 3 aliphatic rings. The van der Waals surface area contributed by atoms with Gasteiger partial charge in [-0.25, -0.2) is 0 Å². The molecule has 1 aliphatic heterocycles.